The van der Waals surface area contributed by atoms with E-state index in [1.165, 1.54) is 0 Å². The molecule has 0 spiro atoms. The van der Waals surface area contributed by atoms with Gasteiger partial charge in [-0.2, -0.15) is 0 Å². The maximum Gasteiger partial charge on any atom is 0.220 e. The van der Waals surface area contributed by atoms with Crippen LogP contribution in [0.2, 0.25) is 5.02 Å². The Kier molecular flexibility index (Phi) is 7.47. The molecule has 1 unspecified atom stereocenters. The van der Waals surface area contributed by atoms with E-state index in [1.54, 1.807) is 0 Å². The summed E-state index contributed by atoms with van der Waals surface area (Å²) in [5, 5.41) is 4.78. The first-order valence-electron chi connectivity index (χ1n) is 6.65. The van der Waals surface area contributed by atoms with E-state index in [1.807, 2.05) is 24.3 Å². The molecule has 1 N–H and O–H groups in total. The lowest BCUT2D eigenvalue weighted by Gasteiger charge is -2.23. The predicted molar refractivity (Wildman–Crippen MR) is 84.8 cm³/mol. The SMILES string of the molecule is CC(C)C(NC(=O)CCCCBr)c1ccc(Cl)cc1. The van der Waals surface area contributed by atoms with Gasteiger partial charge in [-0.05, 0) is 36.5 Å². The molecule has 1 rings (SSSR count). The molecule has 2 nitrogen and oxygen atoms in total. The first kappa shape index (κ1) is 16.5. The minimum atomic E-state index is 0.0498. The first-order valence-corrected chi connectivity index (χ1v) is 8.15. The number of carbonyl (C=O) groups excluding carboxylic acids is 1. The summed E-state index contributed by atoms with van der Waals surface area (Å²) >= 11 is 9.27. The summed E-state index contributed by atoms with van der Waals surface area (Å²) in [5.41, 5.74) is 1.10. The maximum atomic E-state index is 11.9. The van der Waals surface area contributed by atoms with E-state index < -0.39 is 0 Å². The molecule has 0 aliphatic heterocycles. The lowest BCUT2D eigenvalue weighted by molar-refractivity contribution is -0.122. The summed E-state index contributed by atoms with van der Waals surface area (Å²) in [4.78, 5) is 11.9. The zero-order valence-corrected chi connectivity index (χ0v) is 13.8. The highest BCUT2D eigenvalue weighted by Crippen LogP contribution is 2.23. The van der Waals surface area contributed by atoms with Gasteiger partial charge in [-0.15, -0.1) is 0 Å². The van der Waals surface area contributed by atoms with Gasteiger partial charge in [0.1, 0.15) is 0 Å². The molecule has 0 radical (unpaired) electrons. The second-order valence-corrected chi connectivity index (χ2v) is 6.22. The second kappa shape index (κ2) is 8.60. The lowest BCUT2D eigenvalue weighted by atomic mass is 9.96. The van der Waals surface area contributed by atoms with Crippen molar-refractivity contribution in [2.24, 2.45) is 5.92 Å². The molecule has 1 amide bonds. The number of hydrogen-bond acceptors (Lipinski definition) is 1. The molecule has 1 atom stereocenters. The van der Waals surface area contributed by atoms with Gasteiger partial charge in [-0.25, -0.2) is 0 Å². The van der Waals surface area contributed by atoms with E-state index in [0.717, 1.165) is 28.8 Å². The molecule has 0 fully saturated rings. The number of unbranched alkanes of at least 4 members (excludes halogenated alkanes) is 1. The quantitative estimate of drug-likeness (QED) is 0.562. The molecule has 0 aromatic heterocycles. The summed E-state index contributed by atoms with van der Waals surface area (Å²) in [7, 11) is 0. The molecule has 0 saturated heterocycles. The number of nitrogens with one attached hydrogen (secondary N) is 1. The van der Waals surface area contributed by atoms with Crippen LogP contribution >= 0.6 is 27.5 Å². The van der Waals surface area contributed by atoms with Crippen LogP contribution in [0, 0.1) is 5.92 Å². The lowest BCUT2D eigenvalue weighted by Crippen LogP contribution is -2.31. The Labute approximate surface area is 129 Å². The monoisotopic (exact) mass is 345 g/mol. The minimum Gasteiger partial charge on any atom is -0.349 e. The summed E-state index contributed by atoms with van der Waals surface area (Å²) in [6, 6.07) is 7.73. The van der Waals surface area contributed by atoms with Gasteiger partial charge >= 0.3 is 0 Å². The molecule has 106 valence electrons. The third kappa shape index (κ3) is 5.96. The largest absolute Gasteiger partial charge is 0.349 e. The van der Waals surface area contributed by atoms with E-state index in [9.17, 15) is 4.79 Å². The van der Waals surface area contributed by atoms with E-state index >= 15 is 0 Å². The maximum absolute atomic E-state index is 11.9. The van der Waals surface area contributed by atoms with Crippen LogP contribution in [0.3, 0.4) is 0 Å². The van der Waals surface area contributed by atoms with E-state index in [2.05, 4.69) is 35.1 Å². The minimum absolute atomic E-state index is 0.0498. The van der Waals surface area contributed by atoms with Crippen molar-refractivity contribution in [3.05, 3.63) is 34.9 Å². The topological polar surface area (TPSA) is 29.1 Å². The number of hydrogen-bond donors (Lipinski definition) is 1. The normalized spacial score (nSPS) is 12.5. The molecule has 0 aliphatic rings. The number of alkyl halides is 1. The van der Waals surface area contributed by atoms with Gasteiger partial charge in [0.05, 0.1) is 6.04 Å². The Balaban J connectivity index is 2.63. The van der Waals surface area contributed by atoms with Crippen LogP contribution in [-0.4, -0.2) is 11.2 Å². The highest BCUT2D eigenvalue weighted by Gasteiger charge is 2.17. The molecular weight excluding hydrogens is 326 g/mol. The Morgan fingerprint density at radius 1 is 1.26 bits per heavy atom. The van der Waals surface area contributed by atoms with Crippen LogP contribution in [-0.2, 0) is 4.79 Å². The molecule has 0 bridgehead atoms. The third-order valence-electron chi connectivity index (χ3n) is 3.00. The number of benzene rings is 1. The molecular formula is C15H21BrClNO. The van der Waals surface area contributed by atoms with Crippen molar-refractivity contribution in [1.29, 1.82) is 0 Å². The van der Waals surface area contributed by atoms with Gasteiger partial charge in [-0.3, -0.25) is 4.79 Å². The van der Waals surface area contributed by atoms with Crippen LogP contribution in [0.5, 0.6) is 0 Å². The zero-order valence-electron chi connectivity index (χ0n) is 11.5. The summed E-state index contributed by atoms with van der Waals surface area (Å²) in [6.07, 6.45) is 2.53. The molecule has 1 aromatic rings. The average Bonchev–Trinajstić information content (AvgIpc) is 2.37. The Hall–Kier alpha value is -0.540. The Morgan fingerprint density at radius 3 is 2.42 bits per heavy atom. The second-order valence-electron chi connectivity index (χ2n) is 4.99. The van der Waals surface area contributed by atoms with Crippen LogP contribution in [0.15, 0.2) is 24.3 Å². The van der Waals surface area contributed by atoms with Gasteiger partial charge in [0.25, 0.3) is 0 Å². The van der Waals surface area contributed by atoms with Crippen LogP contribution < -0.4 is 5.32 Å². The highest BCUT2D eigenvalue weighted by molar-refractivity contribution is 9.09. The fraction of sp³-hybridized carbons (Fsp3) is 0.533. The fourth-order valence-corrected chi connectivity index (χ4v) is 2.45. The number of halogens is 2. The summed E-state index contributed by atoms with van der Waals surface area (Å²) in [6.45, 7) is 4.22. The fourth-order valence-electron chi connectivity index (χ4n) is 1.93. The number of carbonyl (C=O) groups is 1. The van der Waals surface area contributed by atoms with Crippen molar-refractivity contribution in [3.8, 4) is 0 Å². The zero-order chi connectivity index (χ0) is 14.3. The van der Waals surface area contributed by atoms with E-state index in [-0.39, 0.29) is 11.9 Å². The molecule has 0 aliphatic carbocycles. The predicted octanol–water partition coefficient (Wildman–Crippen LogP) is 4.72. The van der Waals surface area contributed by atoms with Gasteiger partial charge < -0.3 is 5.32 Å². The highest BCUT2D eigenvalue weighted by atomic mass is 79.9. The van der Waals surface area contributed by atoms with Crippen molar-refractivity contribution in [1.82, 2.24) is 5.32 Å². The van der Waals surface area contributed by atoms with Crippen molar-refractivity contribution in [3.63, 3.8) is 0 Å². The molecule has 1 aromatic carbocycles. The standard InChI is InChI=1S/C15H21BrClNO/c1-11(2)15(12-6-8-13(17)9-7-12)18-14(19)5-3-4-10-16/h6-9,11,15H,3-5,10H2,1-2H3,(H,18,19). The van der Waals surface area contributed by atoms with Crippen molar-refractivity contribution in [2.45, 2.75) is 39.2 Å². The summed E-state index contributed by atoms with van der Waals surface area (Å²) < 4.78 is 0. The molecule has 0 heterocycles. The van der Waals surface area contributed by atoms with E-state index in [0.29, 0.717) is 12.3 Å². The van der Waals surface area contributed by atoms with Crippen molar-refractivity contribution >= 4 is 33.4 Å². The third-order valence-corrected chi connectivity index (χ3v) is 3.81. The Morgan fingerprint density at radius 2 is 1.89 bits per heavy atom. The van der Waals surface area contributed by atoms with Crippen LogP contribution in [0.4, 0.5) is 0 Å². The van der Waals surface area contributed by atoms with Gasteiger partial charge in [0.2, 0.25) is 5.91 Å². The van der Waals surface area contributed by atoms with Crippen LogP contribution in [0.25, 0.3) is 0 Å². The van der Waals surface area contributed by atoms with Crippen LogP contribution in [0.1, 0.15) is 44.7 Å². The van der Waals surface area contributed by atoms with Crippen molar-refractivity contribution < 1.29 is 4.79 Å². The number of amides is 1. The van der Waals surface area contributed by atoms with Gasteiger partial charge in [-0.1, -0.05) is 53.5 Å². The molecule has 0 saturated carbocycles. The van der Waals surface area contributed by atoms with E-state index in [4.69, 9.17) is 11.6 Å². The first-order chi connectivity index (χ1) is 9.04. The average molecular weight is 347 g/mol. The number of rotatable bonds is 7. The van der Waals surface area contributed by atoms with Gasteiger partial charge in [0, 0.05) is 16.8 Å². The smallest absolute Gasteiger partial charge is 0.220 e. The van der Waals surface area contributed by atoms with Gasteiger partial charge in [0.15, 0.2) is 0 Å². The molecule has 19 heavy (non-hydrogen) atoms. The van der Waals surface area contributed by atoms with Crippen molar-refractivity contribution in [2.75, 3.05) is 5.33 Å². The molecule has 4 heteroatoms. The Bertz CT molecular complexity index is 392. The summed E-state index contributed by atoms with van der Waals surface area (Å²) in [5.74, 6) is 0.468.